The Morgan fingerprint density at radius 2 is 1.94 bits per heavy atom. The summed E-state index contributed by atoms with van der Waals surface area (Å²) >= 11 is 5.86. The van der Waals surface area contributed by atoms with Crippen LogP contribution in [0.1, 0.15) is 21.6 Å². The standard InChI is InChI=1S/C24H19ClFN3O3/c1-14-22(18-5-3-4-6-20(18)28-14)23(30)24(31)29(17-9-10-27-21(12-17)32-2)13-15-7-8-16(25)11-19(15)26/h3-12,28H,13H2,1-2H3. The van der Waals surface area contributed by atoms with Gasteiger partial charge in [-0.2, -0.15) is 0 Å². The molecule has 0 aliphatic rings. The van der Waals surface area contributed by atoms with Crippen molar-refractivity contribution in [2.24, 2.45) is 0 Å². The Morgan fingerprint density at radius 1 is 1.16 bits per heavy atom. The lowest BCUT2D eigenvalue weighted by molar-refractivity contribution is -0.114. The van der Waals surface area contributed by atoms with E-state index in [1.54, 1.807) is 25.1 Å². The molecule has 4 rings (SSSR count). The Balaban J connectivity index is 1.78. The third kappa shape index (κ3) is 4.07. The molecule has 1 N–H and O–H groups in total. The van der Waals surface area contributed by atoms with Crippen LogP contribution in [-0.2, 0) is 11.3 Å². The molecular weight excluding hydrogens is 433 g/mol. The molecule has 162 valence electrons. The normalized spacial score (nSPS) is 10.9. The van der Waals surface area contributed by atoms with Crippen LogP contribution in [0.3, 0.4) is 0 Å². The van der Waals surface area contributed by atoms with Gasteiger partial charge in [0, 0.05) is 39.4 Å². The van der Waals surface area contributed by atoms with Crippen LogP contribution in [0.4, 0.5) is 10.1 Å². The molecule has 0 fully saturated rings. The van der Waals surface area contributed by atoms with Gasteiger partial charge < -0.3 is 14.6 Å². The largest absolute Gasteiger partial charge is 0.481 e. The van der Waals surface area contributed by atoms with Crippen LogP contribution in [0.5, 0.6) is 5.88 Å². The first-order valence-electron chi connectivity index (χ1n) is 9.76. The third-order valence-corrected chi connectivity index (χ3v) is 5.38. The van der Waals surface area contributed by atoms with Gasteiger partial charge in [-0.05, 0) is 31.2 Å². The number of ketones is 1. The van der Waals surface area contributed by atoms with Crippen LogP contribution in [0.15, 0.2) is 60.8 Å². The quantitative estimate of drug-likeness (QED) is 0.327. The van der Waals surface area contributed by atoms with Crippen LogP contribution < -0.4 is 9.64 Å². The highest BCUT2D eigenvalue weighted by Crippen LogP contribution is 2.27. The number of nitrogens with one attached hydrogen (secondary N) is 1. The third-order valence-electron chi connectivity index (χ3n) is 5.14. The number of amides is 1. The van der Waals surface area contributed by atoms with E-state index in [9.17, 15) is 14.0 Å². The molecule has 6 nitrogen and oxygen atoms in total. The number of benzene rings is 2. The molecule has 0 saturated heterocycles. The van der Waals surface area contributed by atoms with Crippen LogP contribution >= 0.6 is 11.6 Å². The first-order valence-corrected chi connectivity index (χ1v) is 10.1. The molecule has 1 amide bonds. The molecule has 2 heterocycles. The first kappa shape index (κ1) is 21.5. The van der Waals surface area contributed by atoms with Gasteiger partial charge in [0.05, 0.1) is 24.9 Å². The Morgan fingerprint density at radius 3 is 2.69 bits per heavy atom. The summed E-state index contributed by atoms with van der Waals surface area (Å²) in [6.07, 6.45) is 1.45. The number of fused-ring (bicyclic) bond motifs is 1. The van der Waals surface area contributed by atoms with E-state index in [2.05, 4.69) is 9.97 Å². The highest BCUT2D eigenvalue weighted by atomic mass is 35.5. The maximum Gasteiger partial charge on any atom is 0.299 e. The number of Topliss-reactive ketones (excluding diaryl/α,β-unsaturated/α-hetero) is 1. The molecule has 0 bridgehead atoms. The number of hydrogen-bond acceptors (Lipinski definition) is 4. The van der Waals surface area contributed by atoms with E-state index >= 15 is 0 Å². The van der Waals surface area contributed by atoms with Gasteiger partial charge in [-0.3, -0.25) is 9.59 Å². The van der Waals surface area contributed by atoms with E-state index in [1.165, 1.54) is 36.4 Å². The number of para-hydroxylation sites is 1. The number of methoxy groups -OCH3 is 1. The van der Waals surface area contributed by atoms with Gasteiger partial charge in [-0.25, -0.2) is 9.37 Å². The minimum Gasteiger partial charge on any atom is -0.481 e. The number of nitrogens with zero attached hydrogens (tertiary/aromatic N) is 2. The number of ether oxygens (including phenoxy) is 1. The molecule has 0 spiro atoms. The topological polar surface area (TPSA) is 75.3 Å². The fourth-order valence-corrected chi connectivity index (χ4v) is 3.74. The molecule has 0 saturated carbocycles. The maximum atomic E-state index is 14.5. The lowest BCUT2D eigenvalue weighted by Crippen LogP contribution is -2.36. The monoisotopic (exact) mass is 451 g/mol. The van der Waals surface area contributed by atoms with Gasteiger partial charge in [0.2, 0.25) is 5.88 Å². The average molecular weight is 452 g/mol. The number of halogens is 2. The van der Waals surface area contributed by atoms with Crippen molar-refractivity contribution in [1.82, 2.24) is 9.97 Å². The zero-order valence-corrected chi connectivity index (χ0v) is 18.1. The van der Waals surface area contributed by atoms with Gasteiger partial charge >= 0.3 is 0 Å². The lowest BCUT2D eigenvalue weighted by atomic mass is 10.0. The van der Waals surface area contributed by atoms with Gasteiger partial charge in [0.1, 0.15) is 5.82 Å². The summed E-state index contributed by atoms with van der Waals surface area (Å²) in [5.74, 6) is -1.83. The van der Waals surface area contributed by atoms with Crippen LogP contribution in [0.2, 0.25) is 5.02 Å². The molecule has 4 aromatic rings. The smallest absolute Gasteiger partial charge is 0.299 e. The molecule has 32 heavy (non-hydrogen) atoms. The minimum atomic E-state index is -0.805. The second kappa shape index (κ2) is 8.80. The van der Waals surface area contributed by atoms with Crippen molar-refractivity contribution >= 4 is 39.9 Å². The van der Waals surface area contributed by atoms with E-state index in [-0.39, 0.29) is 28.6 Å². The number of aromatic amines is 1. The van der Waals surface area contributed by atoms with Crippen LogP contribution in [-0.4, -0.2) is 28.8 Å². The molecule has 0 aliphatic carbocycles. The molecule has 0 aliphatic heterocycles. The average Bonchev–Trinajstić information content (AvgIpc) is 3.13. The number of hydrogen-bond donors (Lipinski definition) is 1. The van der Waals surface area contributed by atoms with Gasteiger partial charge in [0.25, 0.3) is 11.7 Å². The first-order chi connectivity index (χ1) is 15.4. The van der Waals surface area contributed by atoms with Gasteiger partial charge in [-0.15, -0.1) is 0 Å². The van der Waals surface area contributed by atoms with Gasteiger partial charge in [-0.1, -0.05) is 35.9 Å². The number of pyridine rings is 1. The van der Waals surface area contributed by atoms with Crippen molar-refractivity contribution in [2.75, 3.05) is 12.0 Å². The summed E-state index contributed by atoms with van der Waals surface area (Å²) in [6.45, 7) is 1.56. The SMILES string of the molecule is COc1cc(N(Cc2ccc(Cl)cc2F)C(=O)C(=O)c2c(C)[nH]c3ccccc23)ccn1. The van der Waals surface area contributed by atoms with E-state index in [4.69, 9.17) is 16.3 Å². The van der Waals surface area contributed by atoms with Crippen LogP contribution in [0.25, 0.3) is 10.9 Å². The number of rotatable bonds is 6. The molecule has 0 atom stereocenters. The Kier molecular flexibility index (Phi) is 5.92. The highest BCUT2D eigenvalue weighted by Gasteiger charge is 2.29. The molecular formula is C24H19ClFN3O3. The number of carbonyl (C=O) groups excluding carboxylic acids is 2. The molecule has 0 unspecified atom stereocenters. The lowest BCUT2D eigenvalue weighted by Gasteiger charge is -2.23. The summed E-state index contributed by atoms with van der Waals surface area (Å²) in [5, 5.41) is 0.883. The van der Waals surface area contributed by atoms with Crippen LogP contribution in [0, 0.1) is 12.7 Å². The number of aromatic nitrogens is 2. The summed E-state index contributed by atoms with van der Waals surface area (Å²) in [5.41, 5.74) is 2.17. The zero-order valence-electron chi connectivity index (χ0n) is 17.4. The van der Waals surface area contributed by atoms with E-state index < -0.39 is 17.5 Å². The second-order valence-electron chi connectivity index (χ2n) is 7.18. The fourth-order valence-electron chi connectivity index (χ4n) is 3.58. The van der Waals surface area contributed by atoms with E-state index in [0.29, 0.717) is 16.8 Å². The summed E-state index contributed by atoms with van der Waals surface area (Å²) in [4.78, 5) is 35.2. The van der Waals surface area contributed by atoms with Crippen molar-refractivity contribution in [2.45, 2.75) is 13.5 Å². The maximum absolute atomic E-state index is 14.5. The molecule has 8 heteroatoms. The zero-order chi connectivity index (χ0) is 22.8. The van der Waals surface area contributed by atoms with Crippen molar-refractivity contribution in [3.63, 3.8) is 0 Å². The Bertz CT molecular complexity index is 1340. The number of aryl methyl sites for hydroxylation is 1. The van der Waals surface area contributed by atoms with Crippen molar-refractivity contribution in [1.29, 1.82) is 0 Å². The molecule has 2 aromatic carbocycles. The minimum absolute atomic E-state index is 0.178. The predicted octanol–water partition coefficient (Wildman–Crippen LogP) is 5.09. The number of H-pyrrole nitrogens is 1. The summed E-state index contributed by atoms with van der Waals surface area (Å²) in [7, 11) is 1.44. The number of anilines is 1. The highest BCUT2D eigenvalue weighted by molar-refractivity contribution is 6.49. The number of carbonyl (C=O) groups is 2. The fraction of sp³-hybridized carbons (Fsp3) is 0.125. The van der Waals surface area contributed by atoms with E-state index in [0.717, 1.165) is 11.6 Å². The second-order valence-corrected chi connectivity index (χ2v) is 7.62. The molecule has 2 aromatic heterocycles. The Labute approximate surface area is 188 Å². The molecule has 0 radical (unpaired) electrons. The van der Waals surface area contributed by atoms with E-state index in [1.807, 2.05) is 12.1 Å². The summed E-state index contributed by atoms with van der Waals surface area (Å²) < 4.78 is 19.7. The Hall–Kier alpha value is -3.71. The van der Waals surface area contributed by atoms with Gasteiger partial charge in [0.15, 0.2) is 0 Å². The predicted molar refractivity (Wildman–Crippen MR) is 121 cm³/mol. The summed E-state index contributed by atoms with van der Waals surface area (Å²) in [6, 6.07) is 14.5. The van der Waals surface area contributed by atoms with Crippen molar-refractivity contribution in [3.8, 4) is 5.88 Å². The van der Waals surface area contributed by atoms with Crippen molar-refractivity contribution < 1.29 is 18.7 Å². The van der Waals surface area contributed by atoms with Crippen molar-refractivity contribution in [3.05, 3.63) is 88.5 Å².